The van der Waals surface area contributed by atoms with E-state index in [1.54, 1.807) is 6.07 Å². The second kappa shape index (κ2) is 10.1. The van der Waals surface area contributed by atoms with Crippen molar-refractivity contribution in [3.05, 3.63) is 59.5 Å². The molecule has 0 bridgehead atoms. The Hall–Kier alpha value is -2.89. The molecule has 6 nitrogen and oxygen atoms in total. The lowest BCUT2D eigenvalue weighted by molar-refractivity contribution is 0.941. The lowest BCUT2D eigenvalue weighted by Crippen LogP contribution is -2.05. The Morgan fingerprint density at radius 1 is 0.920 bits per heavy atom. The van der Waals surface area contributed by atoms with Crippen LogP contribution in [-0.4, -0.2) is 24.1 Å². The number of hydrogen-bond donors (Lipinski definition) is 1. The summed E-state index contributed by atoms with van der Waals surface area (Å²) >= 11 is 0. The Labute approximate surface area is 148 Å². The summed E-state index contributed by atoms with van der Waals surface area (Å²) in [4.78, 5) is 21.8. The van der Waals surface area contributed by atoms with Gasteiger partial charge in [-0.3, -0.25) is 4.79 Å². The van der Waals surface area contributed by atoms with Gasteiger partial charge in [-0.15, -0.1) is 0 Å². The molecule has 3 heterocycles. The normalized spacial score (nSPS) is 9.36. The molecular formula is C19H27N5O. The molecule has 1 aromatic carbocycles. The Morgan fingerprint density at radius 3 is 2.24 bits per heavy atom. The third-order valence-corrected chi connectivity index (χ3v) is 3.30. The zero-order chi connectivity index (χ0) is 18.8. The molecule has 25 heavy (non-hydrogen) atoms. The SMILES string of the molecule is CC.CC.Cn1ccc2c(=O)[nH]cnc21.Cn1cnc2ccccc21. The third-order valence-electron chi connectivity index (χ3n) is 3.30. The summed E-state index contributed by atoms with van der Waals surface area (Å²) in [7, 11) is 3.85. The summed E-state index contributed by atoms with van der Waals surface area (Å²) in [6.07, 6.45) is 5.04. The zero-order valence-corrected chi connectivity index (χ0v) is 15.8. The number of aryl methyl sites for hydroxylation is 2. The van der Waals surface area contributed by atoms with Gasteiger partial charge in [0.25, 0.3) is 5.56 Å². The fourth-order valence-corrected chi connectivity index (χ4v) is 2.17. The minimum atomic E-state index is -0.0874. The summed E-state index contributed by atoms with van der Waals surface area (Å²) < 4.78 is 3.82. The van der Waals surface area contributed by atoms with E-state index >= 15 is 0 Å². The van der Waals surface area contributed by atoms with Crippen molar-refractivity contribution in [3.8, 4) is 0 Å². The zero-order valence-electron chi connectivity index (χ0n) is 15.8. The highest BCUT2D eigenvalue weighted by molar-refractivity contribution is 5.75. The van der Waals surface area contributed by atoms with Crippen molar-refractivity contribution >= 4 is 22.1 Å². The highest BCUT2D eigenvalue weighted by Crippen LogP contribution is 2.08. The fourth-order valence-electron chi connectivity index (χ4n) is 2.17. The van der Waals surface area contributed by atoms with Gasteiger partial charge >= 0.3 is 0 Å². The summed E-state index contributed by atoms with van der Waals surface area (Å²) in [6.45, 7) is 8.00. The van der Waals surface area contributed by atoms with E-state index in [-0.39, 0.29) is 5.56 Å². The molecule has 0 unspecified atom stereocenters. The van der Waals surface area contributed by atoms with E-state index < -0.39 is 0 Å². The highest BCUT2D eigenvalue weighted by atomic mass is 16.1. The molecule has 0 radical (unpaired) electrons. The molecule has 1 N–H and O–H groups in total. The number of fused-ring (bicyclic) bond motifs is 2. The van der Waals surface area contributed by atoms with Crippen LogP contribution >= 0.6 is 0 Å². The number of aromatic nitrogens is 5. The molecule has 0 amide bonds. The first-order valence-electron chi connectivity index (χ1n) is 8.51. The van der Waals surface area contributed by atoms with Crippen LogP contribution in [0.5, 0.6) is 0 Å². The van der Waals surface area contributed by atoms with E-state index in [9.17, 15) is 4.79 Å². The number of imidazole rings is 1. The molecule has 3 aromatic heterocycles. The van der Waals surface area contributed by atoms with Crippen LogP contribution in [0.4, 0.5) is 0 Å². The van der Waals surface area contributed by atoms with E-state index in [1.807, 2.05) is 81.6 Å². The van der Waals surface area contributed by atoms with Crippen LogP contribution in [0.15, 0.2) is 54.0 Å². The van der Waals surface area contributed by atoms with Crippen molar-refractivity contribution < 1.29 is 0 Å². The van der Waals surface area contributed by atoms with Gasteiger partial charge in [0.2, 0.25) is 0 Å². The lowest BCUT2D eigenvalue weighted by Gasteiger charge is -1.91. The van der Waals surface area contributed by atoms with E-state index in [0.29, 0.717) is 11.0 Å². The van der Waals surface area contributed by atoms with Crippen LogP contribution in [0.25, 0.3) is 22.1 Å². The Morgan fingerprint density at radius 2 is 1.60 bits per heavy atom. The van der Waals surface area contributed by atoms with Crippen LogP contribution in [0, 0.1) is 0 Å². The third kappa shape index (κ3) is 4.79. The first-order chi connectivity index (χ1) is 12.2. The molecule has 0 aliphatic carbocycles. The Kier molecular flexibility index (Phi) is 8.12. The van der Waals surface area contributed by atoms with Gasteiger partial charge in [0.05, 0.1) is 29.1 Å². The first kappa shape index (κ1) is 20.2. The average molecular weight is 341 g/mol. The predicted octanol–water partition coefficient (Wildman–Crippen LogP) is 3.89. The van der Waals surface area contributed by atoms with E-state index in [1.165, 1.54) is 11.8 Å². The van der Waals surface area contributed by atoms with Crippen molar-refractivity contribution in [2.24, 2.45) is 14.1 Å². The molecule has 0 fully saturated rings. The van der Waals surface area contributed by atoms with Crippen molar-refractivity contribution in [2.75, 3.05) is 0 Å². The maximum absolute atomic E-state index is 11.1. The van der Waals surface area contributed by atoms with Gasteiger partial charge in [-0.05, 0) is 18.2 Å². The van der Waals surface area contributed by atoms with Crippen molar-refractivity contribution in [2.45, 2.75) is 27.7 Å². The number of H-pyrrole nitrogens is 1. The molecule has 0 aliphatic heterocycles. The number of hydrogen-bond acceptors (Lipinski definition) is 3. The molecule has 0 spiro atoms. The van der Waals surface area contributed by atoms with Crippen LogP contribution in [0.2, 0.25) is 0 Å². The number of rotatable bonds is 0. The highest BCUT2D eigenvalue weighted by Gasteiger charge is 2.00. The first-order valence-corrected chi connectivity index (χ1v) is 8.51. The maximum Gasteiger partial charge on any atom is 0.260 e. The van der Waals surface area contributed by atoms with Gasteiger partial charge < -0.3 is 14.1 Å². The number of benzene rings is 1. The van der Waals surface area contributed by atoms with Crippen LogP contribution in [0.1, 0.15) is 27.7 Å². The lowest BCUT2D eigenvalue weighted by atomic mass is 10.3. The monoisotopic (exact) mass is 341 g/mol. The van der Waals surface area contributed by atoms with Gasteiger partial charge in [-0.25, -0.2) is 9.97 Å². The molecule has 134 valence electrons. The van der Waals surface area contributed by atoms with Crippen molar-refractivity contribution in [1.29, 1.82) is 0 Å². The van der Waals surface area contributed by atoms with Gasteiger partial charge in [0.15, 0.2) is 0 Å². The fraction of sp³-hybridized carbons (Fsp3) is 0.316. The second-order valence-electron chi connectivity index (χ2n) is 4.74. The Balaban J connectivity index is 0.000000210. The molecule has 4 aromatic rings. The van der Waals surface area contributed by atoms with Gasteiger partial charge in [0, 0.05) is 20.3 Å². The van der Waals surface area contributed by atoms with Gasteiger partial charge in [-0.2, -0.15) is 0 Å². The minimum Gasteiger partial charge on any atom is -0.335 e. The summed E-state index contributed by atoms with van der Waals surface area (Å²) in [5.74, 6) is 0. The molecule has 0 aliphatic rings. The molecule has 0 atom stereocenters. The second-order valence-corrected chi connectivity index (χ2v) is 4.74. The molecular weight excluding hydrogens is 314 g/mol. The van der Waals surface area contributed by atoms with E-state index in [2.05, 4.69) is 21.0 Å². The van der Waals surface area contributed by atoms with E-state index in [0.717, 1.165) is 5.52 Å². The molecule has 0 saturated heterocycles. The van der Waals surface area contributed by atoms with Gasteiger partial charge in [0.1, 0.15) is 5.65 Å². The van der Waals surface area contributed by atoms with Crippen LogP contribution in [-0.2, 0) is 14.1 Å². The average Bonchev–Trinajstić information content (AvgIpc) is 3.24. The smallest absolute Gasteiger partial charge is 0.260 e. The van der Waals surface area contributed by atoms with Crippen molar-refractivity contribution in [1.82, 2.24) is 24.1 Å². The standard InChI is InChI=1S/C8H8N2.C7H7N3O.2C2H6/c1-10-6-9-7-4-2-3-5-8(7)10;1-10-3-2-5-6(10)8-4-9-7(5)11;2*1-2/h2-6H,1H3;2-4H,1H3,(H,8,9,11);2*1-2H3. The van der Waals surface area contributed by atoms with Gasteiger partial charge in [-0.1, -0.05) is 39.8 Å². The number of para-hydroxylation sites is 2. The predicted molar refractivity (Wildman–Crippen MR) is 105 cm³/mol. The van der Waals surface area contributed by atoms with E-state index in [4.69, 9.17) is 0 Å². The molecule has 6 heteroatoms. The minimum absolute atomic E-state index is 0.0874. The maximum atomic E-state index is 11.1. The summed E-state index contributed by atoms with van der Waals surface area (Å²) in [5, 5.41) is 0.634. The quantitative estimate of drug-likeness (QED) is 0.527. The molecule has 4 rings (SSSR count). The van der Waals surface area contributed by atoms with Crippen LogP contribution < -0.4 is 5.56 Å². The van der Waals surface area contributed by atoms with Crippen molar-refractivity contribution in [3.63, 3.8) is 0 Å². The topological polar surface area (TPSA) is 68.5 Å². The Bertz CT molecular complexity index is 949. The van der Waals surface area contributed by atoms with Crippen LogP contribution in [0.3, 0.4) is 0 Å². The summed E-state index contributed by atoms with van der Waals surface area (Å²) in [6, 6.07) is 9.83. The largest absolute Gasteiger partial charge is 0.335 e. The number of nitrogens with zero attached hydrogens (tertiary/aromatic N) is 4. The summed E-state index contributed by atoms with van der Waals surface area (Å²) in [5.41, 5.74) is 2.87. The number of aromatic amines is 1. The number of nitrogens with one attached hydrogen (secondary N) is 1. The molecule has 0 saturated carbocycles.